The molecular formula is C20H19N3O5S. The predicted octanol–water partition coefficient (Wildman–Crippen LogP) is 2.43. The third-order valence-corrected chi connectivity index (χ3v) is 6.50. The number of carboxylic acid groups (broad SMARTS) is 1. The van der Waals surface area contributed by atoms with Gasteiger partial charge in [-0.15, -0.1) is 0 Å². The molecule has 1 heterocycles. The van der Waals surface area contributed by atoms with Gasteiger partial charge in [0.05, 0.1) is 28.6 Å². The zero-order valence-electron chi connectivity index (χ0n) is 15.5. The van der Waals surface area contributed by atoms with Crippen LogP contribution in [0.4, 0.5) is 5.69 Å². The van der Waals surface area contributed by atoms with Crippen molar-refractivity contribution in [2.75, 3.05) is 18.4 Å². The van der Waals surface area contributed by atoms with E-state index in [1.807, 2.05) is 6.07 Å². The molecule has 1 fully saturated rings. The molecule has 1 amide bonds. The Kier molecular flexibility index (Phi) is 5.96. The van der Waals surface area contributed by atoms with E-state index in [2.05, 4.69) is 5.32 Å². The van der Waals surface area contributed by atoms with Crippen LogP contribution in [0.5, 0.6) is 0 Å². The van der Waals surface area contributed by atoms with Crippen molar-refractivity contribution < 1.29 is 23.1 Å². The van der Waals surface area contributed by atoms with Gasteiger partial charge in [-0.05, 0) is 48.7 Å². The molecule has 0 aliphatic carbocycles. The molecule has 0 unspecified atom stereocenters. The molecule has 0 aromatic heterocycles. The third kappa shape index (κ3) is 4.80. The number of nitrogens with zero attached hydrogens (tertiary/aromatic N) is 2. The zero-order chi connectivity index (χ0) is 21.0. The number of nitrogens with one attached hydrogen (secondary N) is 1. The number of anilines is 1. The van der Waals surface area contributed by atoms with Gasteiger partial charge in [0.1, 0.15) is 0 Å². The summed E-state index contributed by atoms with van der Waals surface area (Å²) >= 11 is 0. The molecule has 1 aliphatic heterocycles. The van der Waals surface area contributed by atoms with Gasteiger partial charge in [-0.3, -0.25) is 4.79 Å². The van der Waals surface area contributed by atoms with E-state index in [9.17, 15) is 23.1 Å². The number of hydrogen-bond donors (Lipinski definition) is 2. The average molecular weight is 413 g/mol. The normalized spacial score (nSPS) is 14.3. The Morgan fingerprint density at radius 3 is 2.34 bits per heavy atom. The van der Waals surface area contributed by atoms with Gasteiger partial charge < -0.3 is 10.4 Å². The van der Waals surface area contributed by atoms with Crippen molar-refractivity contribution >= 4 is 27.6 Å². The first kappa shape index (κ1) is 20.5. The third-order valence-electron chi connectivity index (χ3n) is 4.65. The van der Waals surface area contributed by atoms with Gasteiger partial charge in [0.2, 0.25) is 10.0 Å². The van der Waals surface area contributed by atoms with E-state index in [4.69, 9.17) is 5.26 Å². The highest BCUT2D eigenvalue weighted by Gasteiger charge is 2.25. The minimum atomic E-state index is -3.38. The Hall–Kier alpha value is -3.22. The number of carbonyl (C=O) groups is 2. The fraction of sp³-hybridized carbons (Fsp3) is 0.250. The monoisotopic (exact) mass is 413 g/mol. The number of carbonyl (C=O) groups excluding carboxylic acids is 1. The molecule has 0 saturated carbocycles. The summed E-state index contributed by atoms with van der Waals surface area (Å²) < 4.78 is 26.2. The van der Waals surface area contributed by atoms with Crippen LogP contribution in [0.3, 0.4) is 0 Å². The summed E-state index contributed by atoms with van der Waals surface area (Å²) in [5.41, 5.74) is 0.878. The van der Waals surface area contributed by atoms with Gasteiger partial charge in [-0.2, -0.15) is 5.26 Å². The van der Waals surface area contributed by atoms with Crippen molar-refractivity contribution in [1.29, 1.82) is 5.26 Å². The molecule has 0 atom stereocenters. The van der Waals surface area contributed by atoms with E-state index in [1.54, 1.807) is 12.1 Å². The first-order valence-corrected chi connectivity index (χ1v) is 10.6. The number of rotatable bonds is 6. The molecule has 0 spiro atoms. The number of benzene rings is 2. The lowest BCUT2D eigenvalue weighted by Crippen LogP contribution is -2.29. The Morgan fingerprint density at radius 1 is 1.10 bits per heavy atom. The van der Waals surface area contributed by atoms with Gasteiger partial charge >= 0.3 is 5.97 Å². The fourth-order valence-corrected chi connectivity index (χ4v) is 4.73. The van der Waals surface area contributed by atoms with Crippen molar-refractivity contribution in [2.45, 2.75) is 18.6 Å². The van der Waals surface area contributed by atoms with E-state index in [0.717, 1.165) is 12.8 Å². The number of sulfonamides is 1. The zero-order valence-corrected chi connectivity index (χ0v) is 16.3. The summed E-state index contributed by atoms with van der Waals surface area (Å²) in [4.78, 5) is 23.8. The molecule has 3 rings (SSSR count). The Morgan fingerprint density at radius 2 is 1.76 bits per heavy atom. The average Bonchev–Trinajstić information content (AvgIpc) is 3.24. The minimum absolute atomic E-state index is 0.0715. The first-order valence-electron chi connectivity index (χ1n) is 8.96. The number of carboxylic acids is 1. The predicted molar refractivity (Wildman–Crippen MR) is 106 cm³/mol. The van der Waals surface area contributed by atoms with Crippen LogP contribution in [0.2, 0.25) is 0 Å². The SMILES string of the molecule is N#Cc1ccc(NC(=O)c2ccc(CS(=O)(=O)N3CCCC3)cc2)c(C(=O)O)c1. The summed E-state index contributed by atoms with van der Waals surface area (Å²) in [5, 5.41) is 20.7. The molecule has 150 valence electrons. The van der Waals surface area contributed by atoms with E-state index in [1.165, 1.54) is 34.6 Å². The van der Waals surface area contributed by atoms with Crippen molar-refractivity contribution in [2.24, 2.45) is 0 Å². The first-order chi connectivity index (χ1) is 13.8. The van der Waals surface area contributed by atoms with Crippen LogP contribution in [0.1, 0.15) is 44.7 Å². The summed E-state index contributed by atoms with van der Waals surface area (Å²) in [6.45, 7) is 1.08. The number of amides is 1. The maximum Gasteiger partial charge on any atom is 0.337 e. The van der Waals surface area contributed by atoms with Crippen molar-refractivity contribution in [3.05, 3.63) is 64.7 Å². The Balaban J connectivity index is 1.73. The lowest BCUT2D eigenvalue weighted by molar-refractivity contribution is 0.0698. The maximum atomic E-state index is 12.5. The Bertz CT molecular complexity index is 1080. The highest BCUT2D eigenvalue weighted by molar-refractivity contribution is 7.88. The number of aromatic carboxylic acids is 1. The Labute approximate surface area is 168 Å². The summed E-state index contributed by atoms with van der Waals surface area (Å²) in [7, 11) is -3.38. The van der Waals surface area contributed by atoms with E-state index in [0.29, 0.717) is 18.7 Å². The van der Waals surface area contributed by atoms with Gasteiger partial charge in [0.25, 0.3) is 5.91 Å². The molecule has 9 heteroatoms. The molecule has 0 bridgehead atoms. The van der Waals surface area contributed by atoms with Crippen molar-refractivity contribution in [3.8, 4) is 6.07 Å². The van der Waals surface area contributed by atoms with Crippen LogP contribution in [-0.2, 0) is 15.8 Å². The highest BCUT2D eigenvalue weighted by atomic mass is 32.2. The summed E-state index contributed by atoms with van der Waals surface area (Å²) in [6.07, 6.45) is 1.73. The second kappa shape index (κ2) is 8.43. The smallest absolute Gasteiger partial charge is 0.337 e. The van der Waals surface area contributed by atoms with Crippen LogP contribution >= 0.6 is 0 Å². The van der Waals surface area contributed by atoms with Gasteiger partial charge in [-0.25, -0.2) is 17.5 Å². The molecule has 29 heavy (non-hydrogen) atoms. The van der Waals surface area contributed by atoms with E-state index < -0.39 is 21.9 Å². The molecule has 2 N–H and O–H groups in total. The largest absolute Gasteiger partial charge is 0.478 e. The molecule has 2 aromatic carbocycles. The fourth-order valence-electron chi connectivity index (χ4n) is 3.11. The molecular weight excluding hydrogens is 394 g/mol. The van der Waals surface area contributed by atoms with Crippen LogP contribution < -0.4 is 5.32 Å². The second-order valence-electron chi connectivity index (χ2n) is 6.69. The molecule has 8 nitrogen and oxygen atoms in total. The summed E-state index contributed by atoms with van der Waals surface area (Å²) in [6, 6.07) is 11.9. The standard InChI is InChI=1S/C20H19N3O5S/c21-12-15-5-8-18(17(11-15)20(25)26)22-19(24)16-6-3-14(4-7-16)13-29(27,28)23-9-1-2-10-23/h3-8,11H,1-2,9-10,13H2,(H,22,24)(H,25,26). The van der Waals surface area contributed by atoms with E-state index >= 15 is 0 Å². The molecule has 0 radical (unpaired) electrons. The molecule has 1 saturated heterocycles. The lowest BCUT2D eigenvalue weighted by Gasteiger charge is -2.15. The van der Waals surface area contributed by atoms with E-state index in [-0.39, 0.29) is 28.1 Å². The quantitative estimate of drug-likeness (QED) is 0.749. The molecule has 1 aliphatic rings. The highest BCUT2D eigenvalue weighted by Crippen LogP contribution is 2.20. The van der Waals surface area contributed by atoms with Crippen LogP contribution in [0.25, 0.3) is 0 Å². The minimum Gasteiger partial charge on any atom is -0.478 e. The van der Waals surface area contributed by atoms with Gasteiger partial charge in [-0.1, -0.05) is 12.1 Å². The van der Waals surface area contributed by atoms with Gasteiger partial charge in [0.15, 0.2) is 0 Å². The van der Waals surface area contributed by atoms with Crippen molar-refractivity contribution in [3.63, 3.8) is 0 Å². The maximum absolute atomic E-state index is 12.5. The van der Waals surface area contributed by atoms with Gasteiger partial charge in [0, 0.05) is 18.7 Å². The topological polar surface area (TPSA) is 128 Å². The van der Waals surface area contributed by atoms with Crippen molar-refractivity contribution in [1.82, 2.24) is 4.31 Å². The number of hydrogen-bond acceptors (Lipinski definition) is 5. The summed E-state index contributed by atoms with van der Waals surface area (Å²) in [5.74, 6) is -1.93. The second-order valence-corrected chi connectivity index (χ2v) is 8.66. The van der Waals surface area contributed by atoms with Crippen LogP contribution in [0, 0.1) is 11.3 Å². The van der Waals surface area contributed by atoms with Crippen LogP contribution in [0.15, 0.2) is 42.5 Å². The number of nitriles is 1. The van der Waals surface area contributed by atoms with Crippen LogP contribution in [-0.4, -0.2) is 42.8 Å². The lowest BCUT2D eigenvalue weighted by atomic mass is 10.1. The molecule has 2 aromatic rings.